The number of halogens is 5. The quantitative estimate of drug-likeness (QED) is 0.197. The molecule has 38 heavy (non-hydrogen) atoms. The molecule has 0 spiro atoms. The summed E-state index contributed by atoms with van der Waals surface area (Å²) in [5.41, 5.74) is -0.932. The van der Waals surface area contributed by atoms with E-state index >= 15 is 0 Å². The number of rotatable bonds is 7. The fourth-order valence-electron chi connectivity index (χ4n) is 4.14. The van der Waals surface area contributed by atoms with Crippen molar-refractivity contribution in [3.05, 3.63) is 93.8 Å². The van der Waals surface area contributed by atoms with Gasteiger partial charge < -0.3 is 13.7 Å². The van der Waals surface area contributed by atoms with Crippen LogP contribution in [0.2, 0.25) is 10.0 Å². The maximum Gasteiger partial charge on any atom is 0.432 e. The summed E-state index contributed by atoms with van der Waals surface area (Å²) in [6.07, 6.45) is -1.14. The molecule has 0 unspecified atom stereocenters. The largest absolute Gasteiger partial charge is 0.494 e. The van der Waals surface area contributed by atoms with Crippen molar-refractivity contribution in [1.82, 2.24) is 19.5 Å². The predicted molar refractivity (Wildman–Crippen MR) is 135 cm³/mol. The second-order valence-electron chi connectivity index (χ2n) is 8.11. The molecule has 0 amide bonds. The van der Waals surface area contributed by atoms with Crippen molar-refractivity contribution < 1.29 is 27.1 Å². The van der Waals surface area contributed by atoms with Crippen LogP contribution in [0.15, 0.2) is 65.6 Å². The Bertz CT molecular complexity index is 1650. The number of fused-ring (bicyclic) bond motifs is 1. The van der Waals surface area contributed by atoms with E-state index in [-0.39, 0.29) is 46.4 Å². The van der Waals surface area contributed by atoms with E-state index in [1.165, 1.54) is 48.9 Å². The van der Waals surface area contributed by atoms with Crippen molar-refractivity contribution >= 4 is 39.9 Å². The van der Waals surface area contributed by atoms with Crippen LogP contribution in [-0.4, -0.2) is 31.9 Å². The summed E-state index contributed by atoms with van der Waals surface area (Å²) in [6, 6.07) is 10.4. The molecule has 0 radical (unpaired) electrons. The van der Waals surface area contributed by atoms with Gasteiger partial charge in [-0.25, -0.2) is 15.0 Å². The van der Waals surface area contributed by atoms with Crippen LogP contribution in [0.3, 0.4) is 0 Å². The Morgan fingerprint density at radius 2 is 1.92 bits per heavy atom. The molecule has 0 saturated heterocycles. The third-order valence-corrected chi connectivity index (χ3v) is 6.30. The van der Waals surface area contributed by atoms with E-state index in [1.807, 2.05) is 0 Å². The molecule has 0 atom stereocenters. The zero-order chi connectivity index (χ0) is 27.0. The van der Waals surface area contributed by atoms with E-state index in [4.69, 9.17) is 32.4 Å². The van der Waals surface area contributed by atoms with E-state index in [2.05, 4.69) is 15.0 Å². The van der Waals surface area contributed by atoms with E-state index < -0.39 is 23.2 Å². The SMILES string of the molecule is CCOc1ccc2c(c1)c(C(=O)c1cnc(-c3ccncn3)o1)c(C(F)(F)F)n2Cc1ccc(Cl)cc1Cl. The van der Waals surface area contributed by atoms with Crippen molar-refractivity contribution in [3.8, 4) is 17.3 Å². The topological polar surface area (TPSA) is 83.0 Å². The molecule has 0 N–H and O–H groups in total. The molecule has 7 nitrogen and oxygen atoms in total. The molecule has 0 aliphatic heterocycles. The highest BCUT2D eigenvalue weighted by Crippen LogP contribution is 2.41. The highest BCUT2D eigenvalue weighted by molar-refractivity contribution is 6.35. The number of aromatic nitrogens is 4. The minimum atomic E-state index is -4.91. The van der Waals surface area contributed by atoms with Gasteiger partial charge in [0, 0.05) is 33.7 Å². The minimum absolute atomic E-state index is 0.0315. The number of ketones is 1. The summed E-state index contributed by atoms with van der Waals surface area (Å²) < 4.78 is 56.1. The number of hydrogen-bond donors (Lipinski definition) is 0. The number of nitrogens with zero attached hydrogens (tertiary/aromatic N) is 4. The van der Waals surface area contributed by atoms with Gasteiger partial charge in [0.15, 0.2) is 5.76 Å². The average Bonchev–Trinajstić information content (AvgIpc) is 3.49. The lowest BCUT2D eigenvalue weighted by Crippen LogP contribution is -2.18. The molecule has 5 rings (SSSR count). The molecule has 0 aliphatic rings. The number of alkyl halides is 3. The summed E-state index contributed by atoms with van der Waals surface area (Å²) in [6.45, 7) is 1.76. The summed E-state index contributed by atoms with van der Waals surface area (Å²) in [7, 11) is 0. The fraction of sp³-hybridized carbons (Fsp3) is 0.154. The van der Waals surface area contributed by atoms with Gasteiger partial charge in [0.1, 0.15) is 23.5 Å². The van der Waals surface area contributed by atoms with Crippen LogP contribution in [0.4, 0.5) is 13.2 Å². The lowest BCUT2D eigenvalue weighted by Gasteiger charge is -2.15. The van der Waals surface area contributed by atoms with Crippen molar-refractivity contribution in [2.24, 2.45) is 0 Å². The first-order valence-electron chi connectivity index (χ1n) is 11.2. The highest BCUT2D eigenvalue weighted by atomic mass is 35.5. The van der Waals surface area contributed by atoms with Crippen LogP contribution in [0, 0.1) is 0 Å². The third kappa shape index (κ3) is 4.84. The van der Waals surface area contributed by atoms with Gasteiger partial charge in [-0.05, 0) is 48.9 Å². The van der Waals surface area contributed by atoms with E-state index in [0.717, 1.165) is 10.8 Å². The second-order valence-corrected chi connectivity index (χ2v) is 8.95. The Kier molecular flexibility index (Phi) is 6.85. The van der Waals surface area contributed by atoms with E-state index in [9.17, 15) is 18.0 Å². The monoisotopic (exact) mass is 560 g/mol. The summed E-state index contributed by atoms with van der Waals surface area (Å²) in [4.78, 5) is 25.5. The smallest absolute Gasteiger partial charge is 0.432 e. The van der Waals surface area contributed by atoms with Crippen molar-refractivity contribution in [3.63, 3.8) is 0 Å². The van der Waals surface area contributed by atoms with E-state index in [0.29, 0.717) is 16.3 Å². The molecule has 3 heterocycles. The standard InChI is InChI=1S/C26H17Cl2F3N4O3/c1-2-37-16-5-6-20-17(10-16)22(23(36)21-11-33-25(38-21)19-7-8-32-13-34-19)24(26(29,30)31)35(20)12-14-3-4-15(27)9-18(14)28/h3-11,13H,2,12H2,1H3. The molecular weight excluding hydrogens is 544 g/mol. The van der Waals surface area contributed by atoms with Gasteiger partial charge in [0.05, 0.1) is 18.4 Å². The Hall–Kier alpha value is -3.89. The number of benzene rings is 2. The third-order valence-electron chi connectivity index (χ3n) is 5.72. The molecule has 0 saturated carbocycles. The Morgan fingerprint density at radius 3 is 2.61 bits per heavy atom. The Labute approximate surface area is 223 Å². The molecule has 3 aromatic heterocycles. The van der Waals surface area contributed by atoms with Gasteiger partial charge >= 0.3 is 6.18 Å². The molecule has 2 aromatic carbocycles. The lowest BCUT2D eigenvalue weighted by molar-refractivity contribution is -0.143. The Balaban J connectivity index is 1.73. The number of oxazole rings is 1. The van der Waals surface area contributed by atoms with Crippen LogP contribution in [0.5, 0.6) is 5.75 Å². The van der Waals surface area contributed by atoms with Gasteiger partial charge in [-0.1, -0.05) is 29.3 Å². The van der Waals surface area contributed by atoms with Crippen molar-refractivity contribution in [1.29, 1.82) is 0 Å². The van der Waals surface area contributed by atoms with Crippen LogP contribution < -0.4 is 4.74 Å². The number of carbonyl (C=O) groups is 1. The van der Waals surface area contributed by atoms with Crippen molar-refractivity contribution in [2.45, 2.75) is 19.6 Å². The molecular formula is C26H17Cl2F3N4O3. The van der Waals surface area contributed by atoms with E-state index in [1.54, 1.807) is 13.0 Å². The minimum Gasteiger partial charge on any atom is -0.494 e. The van der Waals surface area contributed by atoms with Gasteiger partial charge in [0.2, 0.25) is 11.7 Å². The van der Waals surface area contributed by atoms with Crippen molar-refractivity contribution in [2.75, 3.05) is 6.61 Å². The van der Waals surface area contributed by atoms with Gasteiger partial charge in [0.25, 0.3) is 0 Å². The normalized spacial score (nSPS) is 11.7. The second kappa shape index (κ2) is 10.1. The maximum atomic E-state index is 14.7. The molecule has 0 bridgehead atoms. The first-order valence-corrected chi connectivity index (χ1v) is 12.0. The number of carbonyl (C=O) groups excluding carboxylic acids is 1. The lowest BCUT2D eigenvalue weighted by atomic mass is 10.0. The van der Waals surface area contributed by atoms with Crippen LogP contribution in [-0.2, 0) is 12.7 Å². The highest BCUT2D eigenvalue weighted by Gasteiger charge is 2.42. The first-order chi connectivity index (χ1) is 18.2. The number of hydrogen-bond acceptors (Lipinski definition) is 6. The summed E-state index contributed by atoms with van der Waals surface area (Å²) in [5.74, 6) is -1.10. The van der Waals surface area contributed by atoms with Gasteiger partial charge in [-0.15, -0.1) is 0 Å². The number of ether oxygens (including phenoxy) is 1. The zero-order valence-electron chi connectivity index (χ0n) is 19.6. The average molecular weight is 561 g/mol. The first kappa shape index (κ1) is 25.7. The molecule has 5 aromatic rings. The maximum absolute atomic E-state index is 14.7. The molecule has 0 aliphatic carbocycles. The molecule has 194 valence electrons. The summed E-state index contributed by atoms with van der Waals surface area (Å²) in [5, 5.41) is 0.573. The van der Waals surface area contributed by atoms with Gasteiger partial charge in [-0.3, -0.25) is 4.79 Å². The van der Waals surface area contributed by atoms with Gasteiger partial charge in [-0.2, -0.15) is 13.2 Å². The van der Waals surface area contributed by atoms with Crippen LogP contribution >= 0.6 is 23.2 Å². The fourth-order valence-corrected chi connectivity index (χ4v) is 4.61. The van der Waals surface area contributed by atoms with Crippen LogP contribution in [0.1, 0.15) is 34.3 Å². The zero-order valence-corrected chi connectivity index (χ0v) is 21.1. The summed E-state index contributed by atoms with van der Waals surface area (Å²) >= 11 is 12.3. The predicted octanol–water partition coefficient (Wildman–Crippen LogP) is 7.09. The molecule has 12 heteroatoms. The Morgan fingerprint density at radius 1 is 1.11 bits per heavy atom. The molecule has 0 fully saturated rings. The van der Waals surface area contributed by atoms with Crippen LogP contribution in [0.25, 0.3) is 22.5 Å².